The van der Waals surface area contributed by atoms with Crippen molar-refractivity contribution in [2.45, 2.75) is 60.5 Å². The van der Waals surface area contributed by atoms with E-state index in [1.165, 1.54) is 12.5 Å². The van der Waals surface area contributed by atoms with Crippen LogP contribution in [-0.2, 0) is 17.8 Å². The third-order valence-electron chi connectivity index (χ3n) is 4.79. The summed E-state index contributed by atoms with van der Waals surface area (Å²) in [4.78, 5) is 15.9. The van der Waals surface area contributed by atoms with Crippen LogP contribution in [0, 0.1) is 0 Å². The Bertz CT molecular complexity index is 1020. The first kappa shape index (κ1) is 21.5. The van der Waals surface area contributed by atoms with Crippen molar-refractivity contribution >= 4 is 17.5 Å². The van der Waals surface area contributed by atoms with Crippen LogP contribution in [0.2, 0.25) is 0 Å². The normalized spacial score (nSPS) is 12.0. The van der Waals surface area contributed by atoms with Crippen LogP contribution < -0.4 is 10.6 Å². The molecule has 1 aliphatic rings. The molecule has 0 unspecified atom stereocenters. The summed E-state index contributed by atoms with van der Waals surface area (Å²) < 4.78 is 4.00. The van der Waals surface area contributed by atoms with E-state index >= 15 is 0 Å². The molecule has 3 aromatic heterocycles. The van der Waals surface area contributed by atoms with Gasteiger partial charge in [0.05, 0.1) is 17.1 Å². The van der Waals surface area contributed by atoms with Gasteiger partial charge in [-0.2, -0.15) is 10.2 Å². The molecule has 4 rings (SSSR count). The first-order valence-electron chi connectivity index (χ1n) is 10.7. The molecule has 8 nitrogen and oxygen atoms in total. The lowest BCUT2D eigenvalue weighted by Crippen LogP contribution is -2.15. The van der Waals surface area contributed by atoms with Crippen LogP contribution in [0.5, 0.6) is 0 Å². The maximum atomic E-state index is 11.4. The number of aryl methyl sites for hydroxylation is 1. The Balaban J connectivity index is 0.00000124. The van der Waals surface area contributed by atoms with Gasteiger partial charge < -0.3 is 10.6 Å². The Labute approximate surface area is 177 Å². The average Bonchev–Trinajstić information content (AvgIpc) is 3.30. The summed E-state index contributed by atoms with van der Waals surface area (Å²) in [5.74, 6) is 1.31. The second kappa shape index (κ2) is 9.11. The van der Waals surface area contributed by atoms with Gasteiger partial charge in [0.2, 0.25) is 5.91 Å². The number of carbonyl (C=O) groups excluding carboxylic acids is 1. The van der Waals surface area contributed by atoms with Gasteiger partial charge in [-0.25, -0.2) is 4.98 Å². The topological polar surface area (TPSA) is 89.7 Å². The van der Waals surface area contributed by atoms with Gasteiger partial charge in [0, 0.05) is 49.4 Å². The lowest BCUT2D eigenvalue weighted by atomic mass is 10.00. The Hall–Kier alpha value is -3.16. The molecule has 1 amide bonds. The highest BCUT2D eigenvalue weighted by molar-refractivity contribution is 5.88. The second-order valence-corrected chi connectivity index (χ2v) is 7.25. The molecular weight excluding hydrogens is 378 g/mol. The van der Waals surface area contributed by atoms with E-state index in [4.69, 9.17) is 5.10 Å². The predicted molar refractivity (Wildman–Crippen MR) is 121 cm³/mol. The summed E-state index contributed by atoms with van der Waals surface area (Å²) in [6, 6.07) is 6.17. The summed E-state index contributed by atoms with van der Waals surface area (Å²) in [6.45, 7) is 13.4. The van der Waals surface area contributed by atoms with Crippen molar-refractivity contribution in [2.24, 2.45) is 0 Å². The van der Waals surface area contributed by atoms with Gasteiger partial charge in [-0.3, -0.25) is 14.2 Å². The SMILES string of the molecule is CC.CCNc1ccc(-c2nn(C(C)C)c3c2CCn2nc(NC(C)=O)cc2-3)cn1. The zero-order chi connectivity index (χ0) is 21.8. The van der Waals surface area contributed by atoms with Crippen LogP contribution in [0.4, 0.5) is 11.6 Å². The first-order chi connectivity index (χ1) is 14.5. The van der Waals surface area contributed by atoms with E-state index < -0.39 is 0 Å². The molecule has 2 N–H and O–H groups in total. The standard InChI is InChI=1S/C20H25N7O.C2H6/c1-5-21-17-7-6-14(11-22-17)19-15-8-9-26-16(10-18(24-26)23-13(4)28)20(15)27(25-19)12(2)3;1-2/h6-7,10-12H,5,8-9H2,1-4H3,(H,21,22)(H,23,24,28);1-2H3. The summed E-state index contributed by atoms with van der Waals surface area (Å²) in [6.07, 6.45) is 2.71. The third-order valence-corrected chi connectivity index (χ3v) is 4.79. The zero-order valence-electron chi connectivity index (χ0n) is 18.7. The van der Waals surface area contributed by atoms with Crippen LogP contribution in [0.3, 0.4) is 0 Å². The molecule has 160 valence electrons. The Morgan fingerprint density at radius 3 is 2.57 bits per heavy atom. The lowest BCUT2D eigenvalue weighted by Gasteiger charge is -2.18. The molecule has 1 aliphatic heterocycles. The number of aromatic nitrogens is 5. The number of hydrogen-bond acceptors (Lipinski definition) is 5. The monoisotopic (exact) mass is 409 g/mol. The van der Waals surface area contributed by atoms with Gasteiger partial charge in [-0.15, -0.1) is 0 Å². The fourth-order valence-electron chi connectivity index (χ4n) is 3.64. The molecule has 8 heteroatoms. The largest absolute Gasteiger partial charge is 0.370 e. The number of rotatable bonds is 5. The van der Waals surface area contributed by atoms with Crippen molar-refractivity contribution in [3.05, 3.63) is 30.0 Å². The number of nitrogens with zero attached hydrogens (tertiary/aromatic N) is 5. The molecule has 0 aromatic carbocycles. The maximum Gasteiger partial charge on any atom is 0.222 e. The number of pyridine rings is 1. The van der Waals surface area contributed by atoms with Crippen LogP contribution in [0.25, 0.3) is 22.6 Å². The van der Waals surface area contributed by atoms with E-state index in [1.807, 2.05) is 41.5 Å². The molecule has 0 bridgehead atoms. The fraction of sp³-hybridized carbons (Fsp3) is 0.455. The minimum atomic E-state index is -0.124. The number of nitrogens with one attached hydrogen (secondary N) is 2. The van der Waals surface area contributed by atoms with E-state index in [-0.39, 0.29) is 11.9 Å². The summed E-state index contributed by atoms with van der Waals surface area (Å²) in [7, 11) is 0. The summed E-state index contributed by atoms with van der Waals surface area (Å²) >= 11 is 0. The van der Waals surface area contributed by atoms with Gasteiger partial charge in [0.1, 0.15) is 5.82 Å². The zero-order valence-corrected chi connectivity index (χ0v) is 18.7. The summed E-state index contributed by atoms with van der Waals surface area (Å²) in [5.41, 5.74) is 5.22. The molecule has 0 spiro atoms. The molecule has 0 radical (unpaired) electrons. The van der Waals surface area contributed by atoms with Gasteiger partial charge in [-0.1, -0.05) is 13.8 Å². The van der Waals surface area contributed by atoms with Gasteiger partial charge in [0.25, 0.3) is 0 Å². The van der Waals surface area contributed by atoms with E-state index in [1.54, 1.807) is 0 Å². The number of hydrogen-bond donors (Lipinski definition) is 2. The summed E-state index contributed by atoms with van der Waals surface area (Å²) in [5, 5.41) is 15.5. The van der Waals surface area contributed by atoms with Crippen molar-refractivity contribution in [3.8, 4) is 22.6 Å². The number of fused-ring (bicyclic) bond motifs is 3. The molecular formula is C22H31N7O. The van der Waals surface area contributed by atoms with Crippen LogP contribution >= 0.6 is 0 Å². The Morgan fingerprint density at radius 1 is 1.20 bits per heavy atom. The van der Waals surface area contributed by atoms with Crippen molar-refractivity contribution < 1.29 is 4.79 Å². The predicted octanol–water partition coefficient (Wildman–Crippen LogP) is 4.36. The Kier molecular flexibility index (Phi) is 6.54. The van der Waals surface area contributed by atoms with Crippen LogP contribution in [0.1, 0.15) is 53.1 Å². The molecule has 0 atom stereocenters. The van der Waals surface area contributed by atoms with E-state index in [0.717, 1.165) is 48.0 Å². The van der Waals surface area contributed by atoms with Gasteiger partial charge in [-0.05, 0) is 39.3 Å². The highest BCUT2D eigenvalue weighted by Gasteiger charge is 2.28. The fourth-order valence-corrected chi connectivity index (χ4v) is 3.64. The number of anilines is 2. The smallest absolute Gasteiger partial charge is 0.222 e. The van der Waals surface area contributed by atoms with E-state index in [2.05, 4.69) is 47.6 Å². The van der Waals surface area contributed by atoms with E-state index in [9.17, 15) is 4.79 Å². The van der Waals surface area contributed by atoms with Gasteiger partial charge >= 0.3 is 0 Å². The van der Waals surface area contributed by atoms with Crippen molar-refractivity contribution in [3.63, 3.8) is 0 Å². The minimum absolute atomic E-state index is 0.124. The lowest BCUT2D eigenvalue weighted by molar-refractivity contribution is -0.114. The quantitative estimate of drug-likeness (QED) is 0.653. The van der Waals surface area contributed by atoms with Crippen molar-refractivity contribution in [2.75, 3.05) is 17.2 Å². The second-order valence-electron chi connectivity index (χ2n) is 7.25. The van der Waals surface area contributed by atoms with Crippen molar-refractivity contribution in [1.82, 2.24) is 24.5 Å². The maximum absolute atomic E-state index is 11.4. The molecule has 0 saturated heterocycles. The Morgan fingerprint density at radius 2 is 1.97 bits per heavy atom. The van der Waals surface area contributed by atoms with Gasteiger partial charge in [0.15, 0.2) is 5.82 Å². The number of carbonyl (C=O) groups is 1. The molecule has 30 heavy (non-hydrogen) atoms. The first-order valence-corrected chi connectivity index (χ1v) is 10.7. The van der Waals surface area contributed by atoms with Crippen LogP contribution in [-0.4, -0.2) is 37.0 Å². The third kappa shape index (κ3) is 4.08. The number of amides is 1. The average molecular weight is 410 g/mol. The molecule has 0 saturated carbocycles. The molecule has 4 heterocycles. The molecule has 3 aromatic rings. The minimum Gasteiger partial charge on any atom is -0.370 e. The molecule has 0 aliphatic carbocycles. The van der Waals surface area contributed by atoms with Crippen molar-refractivity contribution in [1.29, 1.82) is 0 Å². The van der Waals surface area contributed by atoms with E-state index in [0.29, 0.717) is 5.82 Å². The van der Waals surface area contributed by atoms with Crippen LogP contribution in [0.15, 0.2) is 24.4 Å². The highest BCUT2D eigenvalue weighted by atomic mass is 16.1. The highest BCUT2D eigenvalue weighted by Crippen LogP contribution is 2.38. The molecule has 0 fully saturated rings.